The summed E-state index contributed by atoms with van der Waals surface area (Å²) in [6.45, 7) is 1.93. The number of carbonyl (C=O) groups excluding carboxylic acids is 1. The highest BCUT2D eigenvalue weighted by molar-refractivity contribution is 5.83. The molecule has 2 aromatic heterocycles. The molecule has 2 saturated heterocycles. The smallest absolute Gasteiger partial charge is 0.389 e. The fraction of sp³-hybridized carbons (Fsp3) is 0.591. The second-order valence-corrected chi connectivity index (χ2v) is 9.31. The van der Waals surface area contributed by atoms with E-state index in [2.05, 4.69) is 20.4 Å². The number of nitrogens with one attached hydrogen (secondary N) is 2. The van der Waals surface area contributed by atoms with Crippen molar-refractivity contribution in [3.63, 3.8) is 0 Å². The number of aromatic amines is 1. The van der Waals surface area contributed by atoms with E-state index >= 15 is 0 Å². The van der Waals surface area contributed by atoms with Crippen molar-refractivity contribution >= 4 is 17.5 Å². The van der Waals surface area contributed by atoms with Crippen LogP contribution in [0.3, 0.4) is 0 Å². The first-order valence-electron chi connectivity index (χ1n) is 11.9. The molecule has 0 aromatic carbocycles. The zero-order valence-corrected chi connectivity index (χ0v) is 20.5. The maximum Gasteiger partial charge on any atom is 0.423 e. The van der Waals surface area contributed by atoms with Gasteiger partial charge < -0.3 is 25.0 Å². The maximum absolute atomic E-state index is 13.2. The standard InChI is InChI=1S/C22H25F6N7O4/c1-11(32-13-8-31-33-18(37)17(13)22(26,27)28)10-39-16-3-5-35(19(16)38)14-2-4-34(9-15(14)36)20-29-6-12(7-30-20)21(23,24)25/h6-8,11,14-16,36H,2-5,9-10H2,1H3,(H2,32,33,37)/t11?,14-,15-,16?/m0/s1. The van der Waals surface area contributed by atoms with Gasteiger partial charge in [-0.25, -0.2) is 15.1 Å². The first kappa shape index (κ1) is 28.5. The Hall–Kier alpha value is -3.47. The number of rotatable bonds is 7. The number of aromatic nitrogens is 4. The average Bonchev–Trinajstić information content (AvgIpc) is 3.21. The zero-order chi connectivity index (χ0) is 28.5. The van der Waals surface area contributed by atoms with Crippen LogP contribution in [-0.2, 0) is 21.9 Å². The third-order valence-corrected chi connectivity index (χ3v) is 6.47. The highest BCUT2D eigenvalue weighted by Crippen LogP contribution is 2.32. The molecule has 0 aliphatic carbocycles. The Morgan fingerprint density at radius 3 is 2.41 bits per heavy atom. The van der Waals surface area contributed by atoms with Crippen molar-refractivity contribution in [2.75, 3.05) is 36.5 Å². The number of H-pyrrole nitrogens is 1. The summed E-state index contributed by atoms with van der Waals surface area (Å²) in [5.41, 5.74) is -4.32. The van der Waals surface area contributed by atoms with E-state index < -0.39 is 59.0 Å². The van der Waals surface area contributed by atoms with Crippen LogP contribution in [0.1, 0.15) is 30.9 Å². The third-order valence-electron chi connectivity index (χ3n) is 6.47. The fourth-order valence-electron chi connectivity index (χ4n) is 4.61. The molecule has 0 saturated carbocycles. The van der Waals surface area contributed by atoms with Gasteiger partial charge in [0.05, 0.1) is 36.2 Å². The SMILES string of the molecule is CC(COC1CCN([C@H]2CCN(c3ncc(C(F)(F)F)cn3)C[C@@H]2O)C1=O)Nc1cn[nH]c(=O)c1C(F)(F)F. The van der Waals surface area contributed by atoms with E-state index in [1.54, 1.807) is 5.10 Å². The number of ether oxygens (including phenoxy) is 1. The zero-order valence-electron chi connectivity index (χ0n) is 20.5. The number of likely N-dealkylation sites (tertiary alicyclic amines) is 1. The van der Waals surface area contributed by atoms with Crippen LogP contribution in [0.5, 0.6) is 0 Å². The Kier molecular flexibility index (Phi) is 8.02. The van der Waals surface area contributed by atoms with E-state index in [-0.39, 0.29) is 38.1 Å². The lowest BCUT2D eigenvalue weighted by Crippen LogP contribution is -2.55. The Balaban J connectivity index is 1.30. The number of anilines is 2. The molecule has 0 radical (unpaired) electrons. The number of aliphatic hydroxyl groups is 1. The number of halogens is 6. The van der Waals surface area contributed by atoms with E-state index in [0.717, 1.165) is 6.20 Å². The number of hydrogen-bond donors (Lipinski definition) is 3. The van der Waals surface area contributed by atoms with Gasteiger partial charge in [-0.3, -0.25) is 9.59 Å². The highest BCUT2D eigenvalue weighted by Gasteiger charge is 2.42. The Bertz CT molecular complexity index is 1220. The Morgan fingerprint density at radius 2 is 1.79 bits per heavy atom. The van der Waals surface area contributed by atoms with Gasteiger partial charge in [-0.05, 0) is 13.3 Å². The van der Waals surface area contributed by atoms with E-state index in [1.165, 1.54) is 16.7 Å². The van der Waals surface area contributed by atoms with Crippen LogP contribution in [0, 0.1) is 0 Å². The quantitative estimate of drug-likeness (QED) is 0.428. The van der Waals surface area contributed by atoms with Gasteiger partial charge in [0, 0.05) is 44.5 Å². The number of aliphatic hydroxyl groups excluding tert-OH is 1. The minimum absolute atomic E-state index is 0.00191. The molecule has 2 unspecified atom stereocenters. The molecule has 2 aromatic rings. The minimum atomic E-state index is -4.91. The summed E-state index contributed by atoms with van der Waals surface area (Å²) < 4.78 is 83.6. The highest BCUT2D eigenvalue weighted by atomic mass is 19.4. The number of amides is 1. The monoisotopic (exact) mass is 565 g/mol. The summed E-state index contributed by atoms with van der Waals surface area (Å²) in [5, 5.41) is 18.4. The molecule has 2 fully saturated rings. The van der Waals surface area contributed by atoms with E-state index in [0.29, 0.717) is 25.2 Å². The lowest BCUT2D eigenvalue weighted by molar-refractivity contribution is -0.141. The topological polar surface area (TPSA) is 137 Å². The van der Waals surface area contributed by atoms with Crippen molar-refractivity contribution in [1.29, 1.82) is 0 Å². The van der Waals surface area contributed by atoms with Crippen LogP contribution in [-0.4, -0.2) is 86.6 Å². The predicted octanol–water partition coefficient (Wildman–Crippen LogP) is 1.66. The molecular weight excluding hydrogens is 540 g/mol. The molecule has 4 heterocycles. The van der Waals surface area contributed by atoms with Crippen molar-refractivity contribution in [2.45, 2.75) is 56.4 Å². The van der Waals surface area contributed by atoms with E-state index in [9.17, 15) is 41.0 Å². The molecule has 1 amide bonds. The largest absolute Gasteiger partial charge is 0.423 e. The van der Waals surface area contributed by atoms with Crippen molar-refractivity contribution < 1.29 is 41.0 Å². The van der Waals surface area contributed by atoms with Crippen molar-refractivity contribution in [2.24, 2.45) is 0 Å². The van der Waals surface area contributed by atoms with Crippen LogP contribution in [0.2, 0.25) is 0 Å². The molecule has 2 aliphatic rings. The molecule has 2 aliphatic heterocycles. The summed E-state index contributed by atoms with van der Waals surface area (Å²) in [6, 6.07) is -1.28. The number of hydrogen-bond acceptors (Lipinski definition) is 9. The molecular formula is C22H25F6N7O4. The van der Waals surface area contributed by atoms with Crippen molar-refractivity contribution in [3.8, 4) is 0 Å². The van der Waals surface area contributed by atoms with Crippen molar-refractivity contribution in [1.82, 2.24) is 25.1 Å². The summed E-state index contributed by atoms with van der Waals surface area (Å²) >= 11 is 0. The van der Waals surface area contributed by atoms with Crippen molar-refractivity contribution in [3.05, 3.63) is 40.1 Å². The molecule has 11 nitrogen and oxygen atoms in total. The normalized spacial score (nSPS) is 23.3. The maximum atomic E-state index is 13.2. The second kappa shape index (κ2) is 11.0. The third kappa shape index (κ3) is 6.41. The first-order valence-corrected chi connectivity index (χ1v) is 11.9. The summed E-state index contributed by atoms with van der Waals surface area (Å²) in [6.07, 6.45) is -8.62. The van der Waals surface area contributed by atoms with Gasteiger partial charge in [0.1, 0.15) is 11.7 Å². The lowest BCUT2D eigenvalue weighted by Gasteiger charge is -2.40. The lowest BCUT2D eigenvalue weighted by atomic mass is 10.0. The van der Waals surface area contributed by atoms with Gasteiger partial charge in [0.25, 0.3) is 11.5 Å². The molecule has 17 heteroatoms. The molecule has 4 atom stereocenters. The fourth-order valence-corrected chi connectivity index (χ4v) is 4.61. The van der Waals surface area contributed by atoms with Crippen LogP contribution in [0.4, 0.5) is 38.0 Å². The predicted molar refractivity (Wildman–Crippen MR) is 123 cm³/mol. The average molecular weight is 565 g/mol. The van der Waals surface area contributed by atoms with Crippen LogP contribution < -0.4 is 15.8 Å². The molecule has 214 valence electrons. The Labute approximate surface area is 217 Å². The number of carbonyl (C=O) groups is 1. The van der Waals surface area contributed by atoms with Gasteiger partial charge in [0.15, 0.2) is 0 Å². The number of β-amino-alcohol motifs (C(OH)–C–C–N with tert-alkyl or cyclic N) is 1. The van der Waals surface area contributed by atoms with Gasteiger partial charge in [-0.1, -0.05) is 0 Å². The van der Waals surface area contributed by atoms with E-state index in [1.807, 2.05) is 0 Å². The van der Waals surface area contributed by atoms with Gasteiger partial charge in [0.2, 0.25) is 5.95 Å². The molecule has 0 bridgehead atoms. The number of alkyl halides is 6. The molecule has 3 N–H and O–H groups in total. The number of piperidine rings is 1. The minimum Gasteiger partial charge on any atom is -0.389 e. The first-order chi connectivity index (χ1) is 18.3. The van der Waals surface area contributed by atoms with E-state index in [4.69, 9.17) is 4.74 Å². The molecule has 4 rings (SSSR count). The number of nitrogens with zero attached hydrogens (tertiary/aromatic N) is 5. The van der Waals surface area contributed by atoms with Crippen LogP contribution >= 0.6 is 0 Å². The van der Waals surface area contributed by atoms with Gasteiger partial charge in [-0.2, -0.15) is 31.4 Å². The Morgan fingerprint density at radius 1 is 1.10 bits per heavy atom. The summed E-state index contributed by atoms with van der Waals surface area (Å²) in [5.74, 6) is -0.362. The summed E-state index contributed by atoms with van der Waals surface area (Å²) in [4.78, 5) is 35.0. The second-order valence-electron chi connectivity index (χ2n) is 9.31. The molecule has 0 spiro atoms. The van der Waals surface area contributed by atoms with Gasteiger partial charge in [-0.15, -0.1) is 0 Å². The van der Waals surface area contributed by atoms with Crippen LogP contribution in [0.15, 0.2) is 23.4 Å². The van der Waals surface area contributed by atoms with Gasteiger partial charge >= 0.3 is 12.4 Å². The van der Waals surface area contributed by atoms with Crippen LogP contribution in [0.25, 0.3) is 0 Å². The summed E-state index contributed by atoms with van der Waals surface area (Å²) in [7, 11) is 0. The molecule has 39 heavy (non-hydrogen) atoms.